The summed E-state index contributed by atoms with van der Waals surface area (Å²) in [5.74, 6) is -0.603. The molecule has 0 aromatic rings. The predicted octanol–water partition coefficient (Wildman–Crippen LogP) is 1.81. The van der Waals surface area contributed by atoms with Crippen LogP contribution in [0.5, 0.6) is 0 Å². The highest BCUT2D eigenvalue weighted by atomic mass is 16.5. The molecule has 1 aliphatic carbocycles. The number of nitrogens with one attached hydrogen (secondary N) is 1. The molecule has 110 valence electrons. The number of hydrogen-bond acceptors (Lipinski definition) is 3. The highest BCUT2D eigenvalue weighted by molar-refractivity contribution is 5.80. The maximum atomic E-state index is 12.3. The van der Waals surface area contributed by atoms with Crippen molar-refractivity contribution < 1.29 is 19.4 Å². The van der Waals surface area contributed by atoms with E-state index >= 15 is 0 Å². The third-order valence-corrected chi connectivity index (χ3v) is 3.88. The highest BCUT2D eigenvalue weighted by Crippen LogP contribution is 2.30. The van der Waals surface area contributed by atoms with Crippen LogP contribution >= 0.6 is 0 Å². The fourth-order valence-corrected chi connectivity index (χ4v) is 2.88. The molecule has 3 atom stereocenters. The predicted molar refractivity (Wildman–Crippen MR) is 71.8 cm³/mol. The van der Waals surface area contributed by atoms with E-state index in [4.69, 9.17) is 9.84 Å². The number of amides is 1. The number of aliphatic carboxylic acids is 1. The van der Waals surface area contributed by atoms with Gasteiger partial charge >= 0.3 is 5.97 Å². The number of carbonyl (C=O) groups is 2. The summed E-state index contributed by atoms with van der Waals surface area (Å²) in [5.41, 5.74) is -0.838. The van der Waals surface area contributed by atoms with Crippen LogP contribution in [0, 0.1) is 11.8 Å². The highest BCUT2D eigenvalue weighted by Gasteiger charge is 2.34. The van der Waals surface area contributed by atoms with Crippen LogP contribution in [0.2, 0.25) is 0 Å². The average molecular weight is 271 g/mol. The Balaban J connectivity index is 2.66. The molecular formula is C14H25NO4. The number of rotatable bonds is 6. The molecule has 0 spiro atoms. The Morgan fingerprint density at radius 1 is 1.37 bits per heavy atom. The van der Waals surface area contributed by atoms with Gasteiger partial charge in [-0.1, -0.05) is 19.8 Å². The molecule has 2 N–H and O–H groups in total. The van der Waals surface area contributed by atoms with Crippen molar-refractivity contribution in [3.05, 3.63) is 0 Å². The first-order valence-electron chi connectivity index (χ1n) is 6.91. The Bertz CT molecular complexity index is 331. The summed E-state index contributed by atoms with van der Waals surface area (Å²) in [6.45, 7) is 4.01. The van der Waals surface area contributed by atoms with Crippen LogP contribution < -0.4 is 5.32 Å². The van der Waals surface area contributed by atoms with Gasteiger partial charge in [-0.25, -0.2) is 0 Å². The SMILES string of the molecule is COCC(C)(CC(=O)O)NC(=O)C1CCCCC1C. The molecule has 5 heteroatoms. The molecule has 1 amide bonds. The molecule has 19 heavy (non-hydrogen) atoms. The summed E-state index contributed by atoms with van der Waals surface area (Å²) >= 11 is 0. The van der Waals surface area contributed by atoms with E-state index in [2.05, 4.69) is 12.2 Å². The van der Waals surface area contributed by atoms with Gasteiger partial charge in [0.25, 0.3) is 0 Å². The third kappa shape index (κ3) is 4.82. The minimum Gasteiger partial charge on any atom is -0.481 e. The van der Waals surface area contributed by atoms with Crippen LogP contribution in [0.3, 0.4) is 0 Å². The number of hydrogen-bond donors (Lipinski definition) is 2. The topological polar surface area (TPSA) is 75.6 Å². The summed E-state index contributed by atoms with van der Waals surface area (Å²) < 4.78 is 5.04. The van der Waals surface area contributed by atoms with Crippen LogP contribution in [0.15, 0.2) is 0 Å². The molecular weight excluding hydrogens is 246 g/mol. The number of carbonyl (C=O) groups excluding carboxylic acids is 1. The molecule has 0 aliphatic heterocycles. The van der Waals surface area contributed by atoms with Crippen molar-refractivity contribution in [3.63, 3.8) is 0 Å². The van der Waals surface area contributed by atoms with Crippen LogP contribution in [0.4, 0.5) is 0 Å². The second-order valence-electron chi connectivity index (χ2n) is 5.92. The lowest BCUT2D eigenvalue weighted by Gasteiger charge is -2.34. The Morgan fingerprint density at radius 3 is 2.53 bits per heavy atom. The van der Waals surface area contributed by atoms with Crippen molar-refractivity contribution in [2.24, 2.45) is 11.8 Å². The molecule has 0 saturated heterocycles. The number of ether oxygens (including phenoxy) is 1. The zero-order valence-electron chi connectivity index (χ0n) is 12.1. The molecule has 0 aromatic carbocycles. The Morgan fingerprint density at radius 2 is 2.00 bits per heavy atom. The van der Waals surface area contributed by atoms with Gasteiger partial charge < -0.3 is 15.2 Å². The molecule has 0 aromatic heterocycles. The summed E-state index contributed by atoms with van der Waals surface area (Å²) in [7, 11) is 1.51. The van der Waals surface area contributed by atoms with Crippen molar-refractivity contribution in [3.8, 4) is 0 Å². The first-order valence-corrected chi connectivity index (χ1v) is 6.91. The van der Waals surface area contributed by atoms with Gasteiger partial charge in [-0.15, -0.1) is 0 Å². The average Bonchev–Trinajstić information content (AvgIpc) is 2.27. The lowest BCUT2D eigenvalue weighted by atomic mass is 9.79. The van der Waals surface area contributed by atoms with E-state index in [9.17, 15) is 9.59 Å². The summed E-state index contributed by atoms with van der Waals surface area (Å²) in [5, 5.41) is 11.8. The number of carboxylic acid groups (broad SMARTS) is 1. The molecule has 1 rings (SSSR count). The molecule has 3 unspecified atom stereocenters. The van der Waals surface area contributed by atoms with Crippen LogP contribution in [-0.4, -0.2) is 36.2 Å². The Hall–Kier alpha value is -1.10. The van der Waals surface area contributed by atoms with Crippen molar-refractivity contribution in [2.45, 2.75) is 51.5 Å². The Labute approximate surface area is 114 Å². The first kappa shape index (κ1) is 16.0. The minimum atomic E-state index is -0.934. The van der Waals surface area contributed by atoms with E-state index in [1.165, 1.54) is 13.5 Å². The summed E-state index contributed by atoms with van der Waals surface area (Å²) in [4.78, 5) is 23.2. The summed E-state index contributed by atoms with van der Waals surface area (Å²) in [6.07, 6.45) is 4.08. The normalized spacial score (nSPS) is 26.5. The maximum absolute atomic E-state index is 12.3. The molecule has 1 aliphatic rings. The maximum Gasteiger partial charge on any atom is 0.305 e. The van der Waals surface area contributed by atoms with E-state index in [1.807, 2.05) is 0 Å². The smallest absolute Gasteiger partial charge is 0.305 e. The second-order valence-corrected chi connectivity index (χ2v) is 5.92. The minimum absolute atomic E-state index is 0.00118. The molecule has 1 fully saturated rings. The Kier molecular flexibility index (Phi) is 5.79. The number of carboxylic acids is 1. The number of methoxy groups -OCH3 is 1. The van der Waals surface area contributed by atoms with Gasteiger partial charge in [0.2, 0.25) is 5.91 Å². The van der Waals surface area contributed by atoms with E-state index in [-0.39, 0.29) is 24.9 Å². The van der Waals surface area contributed by atoms with Crippen LogP contribution in [0.1, 0.15) is 46.0 Å². The van der Waals surface area contributed by atoms with Gasteiger partial charge in [-0.3, -0.25) is 9.59 Å². The molecule has 5 nitrogen and oxygen atoms in total. The zero-order valence-corrected chi connectivity index (χ0v) is 12.1. The van der Waals surface area contributed by atoms with Gasteiger partial charge in [-0.05, 0) is 25.7 Å². The molecule has 1 saturated carbocycles. The van der Waals surface area contributed by atoms with Gasteiger partial charge in [0.1, 0.15) is 0 Å². The second kappa shape index (κ2) is 6.89. The molecule has 0 heterocycles. The lowest BCUT2D eigenvalue weighted by Crippen LogP contribution is -2.53. The molecule has 0 radical (unpaired) electrons. The largest absolute Gasteiger partial charge is 0.481 e. The quantitative estimate of drug-likeness (QED) is 0.772. The van der Waals surface area contributed by atoms with Crippen LogP contribution in [0.25, 0.3) is 0 Å². The van der Waals surface area contributed by atoms with Crippen LogP contribution in [-0.2, 0) is 14.3 Å². The van der Waals surface area contributed by atoms with Gasteiger partial charge in [0, 0.05) is 13.0 Å². The standard InChI is InChI=1S/C14H25NO4/c1-10-6-4-5-7-11(10)13(18)15-14(2,9-19-3)8-12(16)17/h10-11H,4-9H2,1-3H3,(H,15,18)(H,16,17). The lowest BCUT2D eigenvalue weighted by molar-refractivity contribution is -0.140. The third-order valence-electron chi connectivity index (χ3n) is 3.88. The van der Waals surface area contributed by atoms with E-state index in [0.29, 0.717) is 5.92 Å². The van der Waals surface area contributed by atoms with E-state index in [1.54, 1.807) is 6.92 Å². The van der Waals surface area contributed by atoms with Crippen molar-refractivity contribution >= 4 is 11.9 Å². The zero-order chi connectivity index (χ0) is 14.5. The monoisotopic (exact) mass is 271 g/mol. The van der Waals surface area contributed by atoms with E-state index in [0.717, 1.165) is 19.3 Å². The fraction of sp³-hybridized carbons (Fsp3) is 0.857. The van der Waals surface area contributed by atoms with Gasteiger partial charge in [-0.2, -0.15) is 0 Å². The van der Waals surface area contributed by atoms with Crippen molar-refractivity contribution in [2.75, 3.05) is 13.7 Å². The first-order chi connectivity index (χ1) is 8.88. The van der Waals surface area contributed by atoms with Crippen molar-refractivity contribution in [1.29, 1.82) is 0 Å². The van der Waals surface area contributed by atoms with E-state index < -0.39 is 11.5 Å². The molecule has 0 bridgehead atoms. The van der Waals surface area contributed by atoms with Gasteiger partial charge in [0.05, 0.1) is 18.6 Å². The fourth-order valence-electron chi connectivity index (χ4n) is 2.88. The summed E-state index contributed by atoms with van der Waals surface area (Å²) in [6, 6.07) is 0. The van der Waals surface area contributed by atoms with Gasteiger partial charge in [0.15, 0.2) is 0 Å². The van der Waals surface area contributed by atoms with Crippen molar-refractivity contribution in [1.82, 2.24) is 5.32 Å².